The molecule has 2 unspecified atom stereocenters. The Balaban J connectivity index is 1.82. The molecule has 106 valence electrons. The lowest BCUT2D eigenvalue weighted by atomic mass is 10.1. The van der Waals surface area contributed by atoms with E-state index in [0.717, 1.165) is 25.3 Å². The number of likely N-dealkylation sites (tertiary alicyclic amines) is 1. The van der Waals surface area contributed by atoms with E-state index in [0.29, 0.717) is 12.1 Å². The van der Waals surface area contributed by atoms with Crippen LogP contribution in [0.3, 0.4) is 0 Å². The summed E-state index contributed by atoms with van der Waals surface area (Å²) in [7, 11) is 1.70. The summed E-state index contributed by atoms with van der Waals surface area (Å²) in [5.74, 6) is 0.907. The number of nitrogens with two attached hydrogens (primary N) is 1. The van der Waals surface area contributed by atoms with E-state index in [4.69, 9.17) is 10.5 Å². The molecule has 20 heavy (non-hydrogen) atoms. The fourth-order valence-electron chi connectivity index (χ4n) is 2.99. The van der Waals surface area contributed by atoms with Gasteiger partial charge in [0, 0.05) is 25.2 Å². The third-order valence-electron chi connectivity index (χ3n) is 4.44. The third kappa shape index (κ3) is 2.51. The zero-order valence-corrected chi connectivity index (χ0v) is 12.2. The minimum atomic E-state index is 0.319. The van der Waals surface area contributed by atoms with E-state index < -0.39 is 0 Å². The number of ether oxygens (including phenoxy) is 1. The van der Waals surface area contributed by atoms with Crippen LogP contribution < -0.4 is 10.5 Å². The van der Waals surface area contributed by atoms with Crippen LogP contribution in [0.15, 0.2) is 36.4 Å². The van der Waals surface area contributed by atoms with E-state index in [1.54, 1.807) is 7.11 Å². The molecule has 0 radical (unpaired) electrons. The van der Waals surface area contributed by atoms with Crippen LogP contribution in [0.5, 0.6) is 5.75 Å². The van der Waals surface area contributed by atoms with Gasteiger partial charge in [-0.05, 0) is 47.9 Å². The van der Waals surface area contributed by atoms with Crippen LogP contribution in [-0.2, 0) is 6.54 Å². The van der Waals surface area contributed by atoms with Crippen molar-refractivity contribution in [1.29, 1.82) is 0 Å². The van der Waals surface area contributed by atoms with Gasteiger partial charge in [0.1, 0.15) is 5.75 Å². The number of rotatable bonds is 3. The van der Waals surface area contributed by atoms with Gasteiger partial charge in [-0.15, -0.1) is 0 Å². The molecule has 1 fully saturated rings. The molecule has 3 heteroatoms. The normalized spacial score (nSPS) is 23.4. The number of hydrogen-bond donors (Lipinski definition) is 1. The van der Waals surface area contributed by atoms with Crippen LogP contribution >= 0.6 is 0 Å². The van der Waals surface area contributed by atoms with E-state index in [-0.39, 0.29) is 0 Å². The van der Waals surface area contributed by atoms with Gasteiger partial charge in [0.05, 0.1) is 7.11 Å². The molecule has 0 aromatic heterocycles. The molecular weight excluding hydrogens is 248 g/mol. The van der Waals surface area contributed by atoms with Gasteiger partial charge >= 0.3 is 0 Å². The highest BCUT2D eigenvalue weighted by Crippen LogP contribution is 2.24. The predicted molar refractivity (Wildman–Crippen MR) is 83.0 cm³/mol. The van der Waals surface area contributed by atoms with Crippen LogP contribution in [0.2, 0.25) is 0 Å². The maximum absolute atomic E-state index is 6.09. The molecule has 3 nitrogen and oxygen atoms in total. The molecule has 2 N–H and O–H groups in total. The molecular formula is C17H22N2O. The Bertz CT molecular complexity index is 611. The van der Waals surface area contributed by atoms with E-state index in [1.807, 2.05) is 6.07 Å². The Hall–Kier alpha value is -1.58. The number of nitrogens with zero attached hydrogens (tertiary/aromatic N) is 1. The van der Waals surface area contributed by atoms with Gasteiger partial charge < -0.3 is 10.5 Å². The molecule has 2 aromatic rings. The highest BCUT2D eigenvalue weighted by atomic mass is 16.5. The van der Waals surface area contributed by atoms with Crippen LogP contribution in [0.25, 0.3) is 10.8 Å². The summed E-state index contributed by atoms with van der Waals surface area (Å²) in [5, 5.41) is 2.48. The summed E-state index contributed by atoms with van der Waals surface area (Å²) in [6, 6.07) is 13.7. The quantitative estimate of drug-likeness (QED) is 0.932. The van der Waals surface area contributed by atoms with Crippen LogP contribution in [0.1, 0.15) is 18.9 Å². The monoisotopic (exact) mass is 270 g/mol. The second kappa shape index (κ2) is 5.43. The lowest BCUT2D eigenvalue weighted by Gasteiger charge is -2.23. The number of methoxy groups -OCH3 is 1. The average Bonchev–Trinajstić information content (AvgIpc) is 2.79. The highest BCUT2D eigenvalue weighted by Gasteiger charge is 2.27. The van der Waals surface area contributed by atoms with Crippen molar-refractivity contribution in [2.75, 3.05) is 13.7 Å². The van der Waals surface area contributed by atoms with Gasteiger partial charge in [0.15, 0.2) is 0 Å². The van der Waals surface area contributed by atoms with Gasteiger partial charge in [-0.3, -0.25) is 4.90 Å². The molecule has 0 aliphatic carbocycles. The molecule has 1 saturated heterocycles. The summed E-state index contributed by atoms with van der Waals surface area (Å²) in [6.45, 7) is 4.31. The minimum Gasteiger partial charge on any atom is -0.497 e. The number of hydrogen-bond acceptors (Lipinski definition) is 3. The van der Waals surface area contributed by atoms with Gasteiger partial charge in [-0.1, -0.05) is 18.2 Å². The first-order chi connectivity index (χ1) is 9.67. The van der Waals surface area contributed by atoms with Gasteiger partial charge in [0.25, 0.3) is 0 Å². The van der Waals surface area contributed by atoms with Crippen LogP contribution in [0.4, 0.5) is 0 Å². The lowest BCUT2D eigenvalue weighted by Crippen LogP contribution is -2.36. The SMILES string of the molecule is COc1ccc2cc(CN3CCC(N)C3C)ccc2c1. The molecule has 3 rings (SSSR count). The standard InChI is InChI=1S/C17H22N2O/c1-12-17(18)7-8-19(12)11-13-3-4-15-10-16(20-2)6-5-14(15)9-13/h3-6,9-10,12,17H,7-8,11,18H2,1-2H3. The van der Waals surface area contributed by atoms with Crippen LogP contribution in [0, 0.1) is 0 Å². The molecule has 2 atom stereocenters. The fraction of sp³-hybridized carbons (Fsp3) is 0.412. The van der Waals surface area contributed by atoms with Crippen molar-refractivity contribution < 1.29 is 4.74 Å². The first-order valence-electron chi connectivity index (χ1n) is 7.23. The van der Waals surface area contributed by atoms with Crippen LogP contribution in [-0.4, -0.2) is 30.6 Å². The summed E-state index contributed by atoms with van der Waals surface area (Å²) >= 11 is 0. The van der Waals surface area contributed by atoms with E-state index >= 15 is 0 Å². The summed E-state index contributed by atoms with van der Waals surface area (Å²) in [6.07, 6.45) is 1.10. The van der Waals surface area contributed by atoms with Crippen molar-refractivity contribution in [1.82, 2.24) is 4.90 Å². The molecule has 0 saturated carbocycles. The molecule has 1 aliphatic rings. The van der Waals surface area contributed by atoms with Gasteiger partial charge in [-0.2, -0.15) is 0 Å². The van der Waals surface area contributed by atoms with E-state index in [9.17, 15) is 0 Å². The minimum absolute atomic E-state index is 0.319. The Kier molecular flexibility index (Phi) is 3.64. The number of benzene rings is 2. The lowest BCUT2D eigenvalue weighted by molar-refractivity contribution is 0.252. The molecule has 0 spiro atoms. The summed E-state index contributed by atoms with van der Waals surface area (Å²) < 4.78 is 5.26. The van der Waals surface area contributed by atoms with Gasteiger partial charge in [-0.25, -0.2) is 0 Å². The van der Waals surface area contributed by atoms with E-state index in [2.05, 4.69) is 42.2 Å². The molecule has 1 aliphatic heterocycles. The van der Waals surface area contributed by atoms with Crippen molar-refractivity contribution in [3.8, 4) is 5.75 Å². The van der Waals surface area contributed by atoms with Crippen molar-refractivity contribution in [2.24, 2.45) is 5.73 Å². The van der Waals surface area contributed by atoms with Crippen molar-refractivity contribution in [2.45, 2.75) is 32.0 Å². The Morgan fingerprint density at radius 3 is 2.65 bits per heavy atom. The molecule has 1 heterocycles. The van der Waals surface area contributed by atoms with Crippen molar-refractivity contribution in [3.05, 3.63) is 42.0 Å². The fourth-order valence-corrected chi connectivity index (χ4v) is 2.99. The first-order valence-corrected chi connectivity index (χ1v) is 7.23. The maximum Gasteiger partial charge on any atom is 0.119 e. The zero-order chi connectivity index (χ0) is 14.1. The highest BCUT2D eigenvalue weighted by molar-refractivity contribution is 5.84. The molecule has 2 aromatic carbocycles. The third-order valence-corrected chi connectivity index (χ3v) is 4.44. The second-order valence-corrected chi connectivity index (χ2v) is 5.71. The molecule has 0 bridgehead atoms. The predicted octanol–water partition coefficient (Wildman–Crippen LogP) is 2.77. The van der Waals surface area contributed by atoms with E-state index in [1.165, 1.54) is 16.3 Å². The average molecular weight is 270 g/mol. The summed E-state index contributed by atoms with van der Waals surface area (Å²) in [4.78, 5) is 2.47. The topological polar surface area (TPSA) is 38.5 Å². The number of fused-ring (bicyclic) bond motifs is 1. The maximum atomic E-state index is 6.09. The first kappa shape index (κ1) is 13.4. The Labute approximate surface area is 120 Å². The summed E-state index contributed by atoms with van der Waals surface area (Å²) in [5.41, 5.74) is 7.44. The molecule has 0 amide bonds. The van der Waals surface area contributed by atoms with Crippen molar-refractivity contribution >= 4 is 10.8 Å². The van der Waals surface area contributed by atoms with Crippen molar-refractivity contribution in [3.63, 3.8) is 0 Å². The Morgan fingerprint density at radius 1 is 1.20 bits per heavy atom. The second-order valence-electron chi connectivity index (χ2n) is 5.71. The van der Waals surface area contributed by atoms with Gasteiger partial charge in [0.2, 0.25) is 0 Å². The smallest absolute Gasteiger partial charge is 0.119 e. The largest absolute Gasteiger partial charge is 0.497 e. The zero-order valence-electron chi connectivity index (χ0n) is 12.2. The Morgan fingerprint density at radius 2 is 1.95 bits per heavy atom.